The Bertz CT molecular complexity index is 858. The van der Waals surface area contributed by atoms with Gasteiger partial charge in [0.25, 0.3) is 5.91 Å². The Balaban J connectivity index is 1.80. The lowest BCUT2D eigenvalue weighted by Gasteiger charge is -2.18. The molecule has 1 N–H and O–H groups in total. The molecule has 0 aliphatic carbocycles. The fraction of sp³-hybridized carbons (Fsp3) is 0.150. The first-order chi connectivity index (χ1) is 11.7. The predicted octanol–water partition coefficient (Wildman–Crippen LogP) is 4.78. The third kappa shape index (κ3) is 3.38. The van der Waals surface area contributed by atoms with Crippen LogP contribution in [0.2, 0.25) is 0 Å². The molecule has 0 aliphatic rings. The van der Waals surface area contributed by atoms with Crippen LogP contribution in [0.1, 0.15) is 13.3 Å². The Morgan fingerprint density at radius 1 is 1.04 bits per heavy atom. The number of amides is 1. The number of carbonyl (C=O) groups is 1. The van der Waals surface area contributed by atoms with Gasteiger partial charge in [-0.2, -0.15) is 0 Å². The fourth-order valence-electron chi connectivity index (χ4n) is 2.56. The molecule has 0 spiro atoms. The third-order valence-electron chi connectivity index (χ3n) is 3.82. The summed E-state index contributed by atoms with van der Waals surface area (Å²) >= 11 is 0. The van der Waals surface area contributed by atoms with E-state index in [4.69, 9.17) is 4.74 Å². The molecule has 0 bridgehead atoms. The number of halogens is 1. The van der Waals surface area contributed by atoms with Crippen molar-refractivity contribution in [3.05, 3.63) is 72.5 Å². The summed E-state index contributed by atoms with van der Waals surface area (Å²) < 4.78 is 19.3. The van der Waals surface area contributed by atoms with Crippen molar-refractivity contribution in [2.75, 3.05) is 5.32 Å². The largest absolute Gasteiger partial charge is 0.478 e. The van der Waals surface area contributed by atoms with Gasteiger partial charge in [-0.25, -0.2) is 4.39 Å². The smallest absolute Gasteiger partial charge is 0.265 e. The van der Waals surface area contributed by atoms with Crippen LogP contribution >= 0.6 is 0 Å². The minimum absolute atomic E-state index is 0.0809. The average molecular weight is 323 g/mol. The van der Waals surface area contributed by atoms with Crippen molar-refractivity contribution in [1.82, 2.24) is 0 Å². The summed E-state index contributed by atoms with van der Waals surface area (Å²) in [6.07, 6.45) is -0.328. The summed E-state index contributed by atoms with van der Waals surface area (Å²) in [6, 6.07) is 19.6. The number of nitrogens with one attached hydrogen (secondary N) is 1. The van der Waals surface area contributed by atoms with Crippen molar-refractivity contribution in [2.24, 2.45) is 0 Å². The monoisotopic (exact) mass is 323 g/mol. The predicted molar refractivity (Wildman–Crippen MR) is 93.7 cm³/mol. The summed E-state index contributed by atoms with van der Waals surface area (Å²) in [5.41, 5.74) is 0.716. The second kappa shape index (κ2) is 7.13. The molecular formula is C20H18FNO2. The van der Waals surface area contributed by atoms with Crippen molar-refractivity contribution < 1.29 is 13.9 Å². The normalized spacial score (nSPS) is 11.9. The molecule has 0 heterocycles. The SMILES string of the molecule is CC[C@H](Oc1ccccc1F)C(=O)Nc1cccc2ccccc12. The highest BCUT2D eigenvalue weighted by Crippen LogP contribution is 2.24. The maximum Gasteiger partial charge on any atom is 0.265 e. The van der Waals surface area contributed by atoms with Crippen molar-refractivity contribution in [3.63, 3.8) is 0 Å². The Morgan fingerprint density at radius 3 is 2.54 bits per heavy atom. The van der Waals surface area contributed by atoms with Gasteiger partial charge < -0.3 is 10.1 Å². The van der Waals surface area contributed by atoms with Crippen LogP contribution in [-0.2, 0) is 4.79 Å². The van der Waals surface area contributed by atoms with E-state index >= 15 is 0 Å². The second-order valence-electron chi connectivity index (χ2n) is 5.46. The number of anilines is 1. The van der Waals surface area contributed by atoms with E-state index in [1.165, 1.54) is 12.1 Å². The number of rotatable bonds is 5. The van der Waals surface area contributed by atoms with Gasteiger partial charge in [0, 0.05) is 11.1 Å². The van der Waals surface area contributed by atoms with E-state index in [9.17, 15) is 9.18 Å². The highest BCUT2D eigenvalue weighted by Gasteiger charge is 2.20. The molecule has 0 aromatic heterocycles. The van der Waals surface area contributed by atoms with Crippen LogP contribution in [0.4, 0.5) is 10.1 Å². The first-order valence-electron chi connectivity index (χ1n) is 7.89. The van der Waals surface area contributed by atoms with Crippen LogP contribution < -0.4 is 10.1 Å². The van der Waals surface area contributed by atoms with Crippen LogP contribution in [0.3, 0.4) is 0 Å². The van der Waals surface area contributed by atoms with E-state index in [0.717, 1.165) is 10.8 Å². The zero-order valence-electron chi connectivity index (χ0n) is 13.3. The molecule has 1 amide bonds. The molecule has 0 fully saturated rings. The highest BCUT2D eigenvalue weighted by atomic mass is 19.1. The summed E-state index contributed by atoms with van der Waals surface area (Å²) in [5, 5.41) is 4.88. The minimum Gasteiger partial charge on any atom is -0.478 e. The van der Waals surface area contributed by atoms with Gasteiger partial charge in [0.15, 0.2) is 17.7 Å². The van der Waals surface area contributed by atoms with Crippen molar-refractivity contribution >= 4 is 22.4 Å². The van der Waals surface area contributed by atoms with Crippen LogP contribution in [0.25, 0.3) is 10.8 Å². The molecule has 4 heteroatoms. The maximum absolute atomic E-state index is 13.7. The molecule has 0 saturated heterocycles. The minimum atomic E-state index is -0.763. The molecule has 3 aromatic carbocycles. The van der Waals surface area contributed by atoms with Gasteiger partial charge >= 0.3 is 0 Å². The van der Waals surface area contributed by atoms with Crippen LogP contribution in [-0.4, -0.2) is 12.0 Å². The number of hydrogen-bond acceptors (Lipinski definition) is 2. The van der Waals surface area contributed by atoms with Crippen LogP contribution in [0, 0.1) is 5.82 Å². The van der Waals surface area contributed by atoms with Gasteiger partial charge in [-0.1, -0.05) is 55.5 Å². The Morgan fingerprint density at radius 2 is 1.75 bits per heavy atom. The van der Waals surface area contributed by atoms with Gasteiger partial charge in [0.05, 0.1) is 0 Å². The molecule has 24 heavy (non-hydrogen) atoms. The van der Waals surface area contributed by atoms with Crippen molar-refractivity contribution in [3.8, 4) is 5.75 Å². The molecule has 0 radical (unpaired) electrons. The van der Waals surface area contributed by atoms with Gasteiger partial charge in [-0.05, 0) is 30.0 Å². The third-order valence-corrected chi connectivity index (χ3v) is 3.82. The number of para-hydroxylation sites is 1. The molecule has 3 nitrogen and oxygen atoms in total. The summed E-state index contributed by atoms with van der Waals surface area (Å²) in [6.45, 7) is 1.83. The van der Waals surface area contributed by atoms with Crippen LogP contribution in [0.15, 0.2) is 66.7 Å². The Kier molecular flexibility index (Phi) is 4.75. The van der Waals surface area contributed by atoms with E-state index in [1.54, 1.807) is 12.1 Å². The van der Waals surface area contributed by atoms with Crippen molar-refractivity contribution in [1.29, 1.82) is 0 Å². The molecule has 0 aliphatic heterocycles. The zero-order chi connectivity index (χ0) is 16.9. The number of fused-ring (bicyclic) bond motifs is 1. The van der Waals surface area contributed by atoms with Crippen molar-refractivity contribution in [2.45, 2.75) is 19.4 Å². The van der Waals surface area contributed by atoms with Crippen LogP contribution in [0.5, 0.6) is 5.75 Å². The lowest BCUT2D eigenvalue weighted by atomic mass is 10.1. The molecule has 3 aromatic rings. The Labute approximate surface area is 140 Å². The highest BCUT2D eigenvalue weighted by molar-refractivity contribution is 6.03. The molecule has 122 valence electrons. The van der Waals surface area contributed by atoms with Gasteiger partial charge in [0.1, 0.15) is 0 Å². The van der Waals surface area contributed by atoms with Gasteiger partial charge in [-0.15, -0.1) is 0 Å². The second-order valence-corrected chi connectivity index (χ2v) is 5.46. The zero-order valence-corrected chi connectivity index (χ0v) is 13.3. The fourth-order valence-corrected chi connectivity index (χ4v) is 2.56. The van der Waals surface area contributed by atoms with E-state index in [-0.39, 0.29) is 11.7 Å². The first-order valence-corrected chi connectivity index (χ1v) is 7.89. The molecule has 1 atom stereocenters. The first kappa shape index (κ1) is 16.0. The van der Waals surface area contributed by atoms with E-state index in [2.05, 4.69) is 5.32 Å². The standard InChI is InChI=1S/C20H18FNO2/c1-2-18(24-19-13-6-5-11-16(19)21)20(23)22-17-12-7-9-14-8-3-4-10-15(14)17/h3-13,18H,2H2,1H3,(H,22,23)/t18-/m0/s1. The summed E-state index contributed by atoms with van der Waals surface area (Å²) in [7, 11) is 0. The van der Waals surface area contributed by atoms with Gasteiger partial charge in [-0.3, -0.25) is 4.79 Å². The molecular weight excluding hydrogens is 305 g/mol. The lowest BCUT2D eigenvalue weighted by Crippen LogP contribution is -2.32. The summed E-state index contributed by atoms with van der Waals surface area (Å²) in [4.78, 5) is 12.5. The van der Waals surface area contributed by atoms with E-state index in [0.29, 0.717) is 12.1 Å². The Hall–Kier alpha value is -2.88. The van der Waals surface area contributed by atoms with E-state index in [1.807, 2.05) is 49.4 Å². The van der Waals surface area contributed by atoms with E-state index < -0.39 is 11.9 Å². The number of carbonyl (C=O) groups excluding carboxylic acids is 1. The number of benzene rings is 3. The molecule has 3 rings (SSSR count). The lowest BCUT2D eigenvalue weighted by molar-refractivity contribution is -0.122. The topological polar surface area (TPSA) is 38.3 Å². The number of hydrogen-bond donors (Lipinski definition) is 1. The quantitative estimate of drug-likeness (QED) is 0.734. The number of ether oxygens (including phenoxy) is 1. The molecule has 0 unspecified atom stereocenters. The average Bonchev–Trinajstić information content (AvgIpc) is 2.61. The summed E-state index contributed by atoms with van der Waals surface area (Å²) in [5.74, 6) is -0.691. The maximum atomic E-state index is 13.7. The van der Waals surface area contributed by atoms with Gasteiger partial charge in [0.2, 0.25) is 0 Å². The molecule has 0 saturated carbocycles.